The number of sulfonamides is 1. The lowest BCUT2D eigenvalue weighted by Gasteiger charge is -2.23. The molecule has 1 saturated carbocycles. The maximum atomic E-state index is 13.9. The van der Waals surface area contributed by atoms with E-state index in [9.17, 15) is 17.6 Å². The molecule has 26 heavy (non-hydrogen) atoms. The molecular weight excluding hydrogens is 355 g/mol. The van der Waals surface area contributed by atoms with Crippen molar-refractivity contribution in [2.24, 2.45) is 0 Å². The average molecular weight is 376 g/mol. The fourth-order valence-electron chi connectivity index (χ4n) is 2.74. The number of carbonyl (C=O) groups excluding carboxylic acids is 1. The van der Waals surface area contributed by atoms with E-state index in [0.717, 1.165) is 12.8 Å². The van der Waals surface area contributed by atoms with E-state index in [1.54, 1.807) is 41.3 Å². The number of hydrogen-bond donors (Lipinski definition) is 1. The number of nitrogens with one attached hydrogen (secondary N) is 1. The predicted molar refractivity (Wildman–Crippen MR) is 96.2 cm³/mol. The van der Waals surface area contributed by atoms with Crippen molar-refractivity contribution < 1.29 is 17.6 Å². The fourth-order valence-corrected chi connectivity index (χ4v) is 3.79. The molecule has 7 heteroatoms. The smallest absolute Gasteiger partial charge is 0.240 e. The summed E-state index contributed by atoms with van der Waals surface area (Å²) in [6, 6.07) is 14.5. The highest BCUT2D eigenvalue weighted by molar-refractivity contribution is 7.89. The molecule has 5 nitrogen and oxygen atoms in total. The molecule has 1 fully saturated rings. The van der Waals surface area contributed by atoms with Crippen molar-refractivity contribution in [3.8, 4) is 0 Å². The molecule has 2 aromatic rings. The molecule has 0 atom stereocenters. The highest BCUT2D eigenvalue weighted by Gasteiger charge is 2.32. The van der Waals surface area contributed by atoms with Gasteiger partial charge in [-0.05, 0) is 31.0 Å². The van der Waals surface area contributed by atoms with Crippen LogP contribution in [-0.4, -0.2) is 31.8 Å². The third-order valence-corrected chi connectivity index (χ3v) is 5.77. The number of halogens is 1. The second kappa shape index (κ2) is 7.97. The van der Waals surface area contributed by atoms with Crippen LogP contribution in [0.5, 0.6) is 0 Å². The molecule has 0 aromatic heterocycles. The van der Waals surface area contributed by atoms with Crippen LogP contribution >= 0.6 is 0 Å². The highest BCUT2D eigenvalue weighted by atomic mass is 32.2. The lowest BCUT2D eigenvalue weighted by Crippen LogP contribution is -2.36. The van der Waals surface area contributed by atoms with Crippen LogP contribution in [-0.2, 0) is 21.4 Å². The lowest BCUT2D eigenvalue weighted by molar-refractivity contribution is -0.132. The van der Waals surface area contributed by atoms with Crippen molar-refractivity contribution in [3.63, 3.8) is 0 Å². The molecule has 0 spiro atoms. The summed E-state index contributed by atoms with van der Waals surface area (Å²) in [7, 11) is -3.63. The number of rotatable bonds is 8. The summed E-state index contributed by atoms with van der Waals surface area (Å²) >= 11 is 0. The van der Waals surface area contributed by atoms with Gasteiger partial charge >= 0.3 is 0 Å². The van der Waals surface area contributed by atoms with Crippen molar-refractivity contribution in [1.82, 2.24) is 9.62 Å². The summed E-state index contributed by atoms with van der Waals surface area (Å²) in [4.78, 5) is 14.3. The molecule has 1 N–H and O–H groups in total. The van der Waals surface area contributed by atoms with Gasteiger partial charge in [0.15, 0.2) is 0 Å². The Balaban J connectivity index is 1.58. The Morgan fingerprint density at radius 3 is 2.38 bits per heavy atom. The molecule has 1 aliphatic rings. The van der Waals surface area contributed by atoms with Gasteiger partial charge in [0.25, 0.3) is 0 Å². The minimum atomic E-state index is -3.63. The third kappa shape index (κ3) is 4.68. The first-order valence-corrected chi connectivity index (χ1v) is 10.0. The van der Waals surface area contributed by atoms with E-state index in [1.165, 1.54) is 18.2 Å². The first-order chi connectivity index (χ1) is 12.5. The van der Waals surface area contributed by atoms with Gasteiger partial charge in [-0.2, -0.15) is 0 Å². The van der Waals surface area contributed by atoms with Gasteiger partial charge in [0.1, 0.15) is 5.82 Å². The van der Waals surface area contributed by atoms with Crippen molar-refractivity contribution >= 4 is 15.9 Å². The average Bonchev–Trinajstić information content (AvgIpc) is 3.46. The van der Waals surface area contributed by atoms with Crippen LogP contribution in [0.15, 0.2) is 59.5 Å². The second-order valence-electron chi connectivity index (χ2n) is 6.31. The number of hydrogen-bond acceptors (Lipinski definition) is 3. The Kier molecular flexibility index (Phi) is 5.68. The van der Waals surface area contributed by atoms with Gasteiger partial charge in [-0.15, -0.1) is 0 Å². The van der Waals surface area contributed by atoms with Crippen molar-refractivity contribution in [1.29, 1.82) is 0 Å². The van der Waals surface area contributed by atoms with Gasteiger partial charge in [0, 0.05) is 31.1 Å². The van der Waals surface area contributed by atoms with E-state index >= 15 is 0 Å². The maximum absolute atomic E-state index is 13.9. The van der Waals surface area contributed by atoms with Crippen LogP contribution in [0.3, 0.4) is 0 Å². The van der Waals surface area contributed by atoms with Crippen molar-refractivity contribution in [2.45, 2.75) is 36.7 Å². The van der Waals surface area contributed by atoms with Gasteiger partial charge in [0.05, 0.1) is 4.90 Å². The summed E-state index contributed by atoms with van der Waals surface area (Å²) in [5.41, 5.74) is 0.470. The second-order valence-corrected chi connectivity index (χ2v) is 8.07. The molecule has 0 radical (unpaired) electrons. The SMILES string of the molecule is O=C(CCNS(=O)(=O)c1ccccc1)N(Cc1ccccc1F)C1CC1. The summed E-state index contributed by atoms with van der Waals surface area (Å²) in [5, 5.41) is 0. The standard InChI is InChI=1S/C19H21FN2O3S/c20-18-9-5-4-6-15(18)14-22(16-10-11-16)19(23)12-13-21-26(24,25)17-7-2-1-3-8-17/h1-9,16,21H,10-14H2. The first-order valence-electron chi connectivity index (χ1n) is 8.55. The molecule has 1 amide bonds. The Labute approximate surface area is 152 Å². The van der Waals surface area contributed by atoms with Crippen LogP contribution in [0.2, 0.25) is 0 Å². The number of nitrogens with zero attached hydrogens (tertiary/aromatic N) is 1. The Morgan fingerprint density at radius 2 is 1.73 bits per heavy atom. The molecule has 0 bridgehead atoms. The zero-order chi connectivity index (χ0) is 18.6. The van der Waals surface area contributed by atoms with E-state index in [-0.39, 0.29) is 42.2 Å². The fraction of sp³-hybridized carbons (Fsp3) is 0.316. The summed E-state index contributed by atoms with van der Waals surface area (Å²) in [5.74, 6) is -0.512. The molecule has 1 aliphatic carbocycles. The van der Waals surface area contributed by atoms with Gasteiger partial charge in [-0.25, -0.2) is 17.5 Å². The Bertz CT molecular complexity index is 867. The van der Waals surface area contributed by atoms with E-state index in [1.807, 2.05) is 0 Å². The van der Waals surface area contributed by atoms with Crippen LogP contribution in [0, 0.1) is 5.82 Å². The van der Waals surface area contributed by atoms with Crippen LogP contribution in [0.25, 0.3) is 0 Å². The zero-order valence-corrected chi connectivity index (χ0v) is 15.1. The van der Waals surface area contributed by atoms with Gasteiger partial charge in [-0.1, -0.05) is 36.4 Å². The maximum Gasteiger partial charge on any atom is 0.240 e. The zero-order valence-electron chi connectivity index (χ0n) is 14.3. The minimum Gasteiger partial charge on any atom is -0.335 e. The summed E-state index contributed by atoms with van der Waals surface area (Å²) < 4.78 is 40.7. The van der Waals surface area contributed by atoms with E-state index in [2.05, 4.69) is 4.72 Å². The lowest BCUT2D eigenvalue weighted by atomic mass is 10.2. The predicted octanol–water partition coefficient (Wildman–Crippen LogP) is 2.69. The summed E-state index contributed by atoms with van der Waals surface area (Å²) in [6.45, 7) is 0.220. The first kappa shape index (κ1) is 18.5. The third-order valence-electron chi connectivity index (χ3n) is 4.29. The largest absolute Gasteiger partial charge is 0.335 e. The molecule has 0 unspecified atom stereocenters. The summed E-state index contributed by atoms with van der Waals surface area (Å²) in [6.07, 6.45) is 1.84. The molecule has 138 valence electrons. The van der Waals surface area contributed by atoms with Crippen LogP contribution < -0.4 is 4.72 Å². The quantitative estimate of drug-likeness (QED) is 0.770. The van der Waals surface area contributed by atoms with Crippen LogP contribution in [0.4, 0.5) is 4.39 Å². The molecule has 0 heterocycles. The number of carbonyl (C=O) groups is 1. The van der Waals surface area contributed by atoms with Gasteiger partial charge < -0.3 is 4.90 Å². The molecule has 2 aromatic carbocycles. The van der Waals surface area contributed by atoms with Crippen molar-refractivity contribution in [3.05, 3.63) is 66.0 Å². The Morgan fingerprint density at radius 1 is 1.08 bits per heavy atom. The Hall–Kier alpha value is -2.25. The number of amides is 1. The number of benzene rings is 2. The van der Waals surface area contributed by atoms with E-state index in [4.69, 9.17) is 0 Å². The molecule has 0 aliphatic heterocycles. The van der Waals surface area contributed by atoms with Crippen LogP contribution in [0.1, 0.15) is 24.8 Å². The van der Waals surface area contributed by atoms with E-state index < -0.39 is 10.0 Å². The van der Waals surface area contributed by atoms with Gasteiger partial charge in [0.2, 0.25) is 15.9 Å². The minimum absolute atomic E-state index is 0.0105. The molecule has 3 rings (SSSR count). The normalized spacial score (nSPS) is 14.2. The monoisotopic (exact) mass is 376 g/mol. The van der Waals surface area contributed by atoms with Gasteiger partial charge in [-0.3, -0.25) is 4.79 Å². The van der Waals surface area contributed by atoms with E-state index in [0.29, 0.717) is 5.56 Å². The molecule has 0 saturated heterocycles. The topological polar surface area (TPSA) is 66.5 Å². The highest BCUT2D eigenvalue weighted by Crippen LogP contribution is 2.29. The van der Waals surface area contributed by atoms with Crippen molar-refractivity contribution in [2.75, 3.05) is 6.54 Å². The molecular formula is C19H21FN2O3S.